The highest BCUT2D eigenvalue weighted by molar-refractivity contribution is 5.19. The van der Waals surface area contributed by atoms with Crippen LogP contribution < -0.4 is 0 Å². The molecule has 3 rings (SSSR count). The van der Waals surface area contributed by atoms with Gasteiger partial charge in [0.15, 0.2) is 0 Å². The van der Waals surface area contributed by atoms with Crippen molar-refractivity contribution in [2.45, 2.75) is 37.8 Å². The molecule has 0 radical (unpaired) electrons. The highest BCUT2D eigenvalue weighted by atomic mass is 16.7. The maximum Gasteiger partial charge on any atom is 0.0939 e. The van der Waals surface area contributed by atoms with Gasteiger partial charge in [0.1, 0.15) is 0 Å². The number of hydroxylamine groups is 2. The number of hydrogen-bond donors (Lipinski definition) is 0. The first-order chi connectivity index (χ1) is 9.33. The van der Waals surface area contributed by atoms with Gasteiger partial charge in [-0.3, -0.25) is 4.84 Å². The van der Waals surface area contributed by atoms with Crippen molar-refractivity contribution in [3.05, 3.63) is 35.9 Å². The zero-order valence-electron chi connectivity index (χ0n) is 11.8. The molecule has 2 heterocycles. The molecule has 2 unspecified atom stereocenters. The van der Waals surface area contributed by atoms with Crippen LogP contribution in [0.15, 0.2) is 30.3 Å². The van der Waals surface area contributed by atoms with Crippen molar-refractivity contribution in [2.24, 2.45) is 0 Å². The molecule has 2 aliphatic rings. The molecule has 0 amide bonds. The van der Waals surface area contributed by atoms with E-state index in [0.29, 0.717) is 12.1 Å². The monoisotopic (exact) mass is 260 g/mol. The van der Waals surface area contributed by atoms with Gasteiger partial charge in [-0.2, -0.15) is 5.06 Å². The second-order valence-electron chi connectivity index (χ2n) is 5.80. The normalized spacial score (nSPS) is 29.7. The van der Waals surface area contributed by atoms with Crippen LogP contribution in [0.1, 0.15) is 37.3 Å². The standard InChI is InChI=1S/C16H24N2O/c1-17-16(14-8-4-2-5-9-14)12-15(19-17)13-18-10-6-3-7-11-18/h2,4-5,8-9,15-16H,3,6-7,10-13H2,1H3. The number of likely N-dealkylation sites (tertiary alicyclic amines) is 1. The lowest BCUT2D eigenvalue weighted by atomic mass is 10.0. The Hall–Kier alpha value is -0.900. The van der Waals surface area contributed by atoms with Crippen molar-refractivity contribution in [3.8, 4) is 0 Å². The highest BCUT2D eigenvalue weighted by Crippen LogP contribution is 2.33. The summed E-state index contributed by atoms with van der Waals surface area (Å²) in [6.45, 7) is 3.59. The number of nitrogens with zero attached hydrogens (tertiary/aromatic N) is 2. The van der Waals surface area contributed by atoms with Crippen LogP contribution in [-0.4, -0.2) is 42.7 Å². The number of hydrogen-bond acceptors (Lipinski definition) is 3. The maximum atomic E-state index is 6.02. The van der Waals surface area contributed by atoms with Gasteiger partial charge in [0, 0.05) is 13.6 Å². The molecule has 3 heteroatoms. The number of rotatable bonds is 3. The van der Waals surface area contributed by atoms with Gasteiger partial charge in [0.05, 0.1) is 12.1 Å². The molecule has 1 aromatic rings. The molecule has 19 heavy (non-hydrogen) atoms. The van der Waals surface area contributed by atoms with Crippen LogP contribution in [0.25, 0.3) is 0 Å². The van der Waals surface area contributed by atoms with E-state index in [0.717, 1.165) is 13.0 Å². The summed E-state index contributed by atoms with van der Waals surface area (Å²) in [4.78, 5) is 8.59. The van der Waals surface area contributed by atoms with Crippen LogP contribution >= 0.6 is 0 Å². The molecule has 2 atom stereocenters. The third-order valence-corrected chi connectivity index (χ3v) is 4.34. The molecule has 0 N–H and O–H groups in total. The lowest BCUT2D eigenvalue weighted by Crippen LogP contribution is -2.36. The van der Waals surface area contributed by atoms with Gasteiger partial charge in [0.25, 0.3) is 0 Å². The summed E-state index contributed by atoms with van der Waals surface area (Å²) in [5, 5.41) is 2.05. The average molecular weight is 260 g/mol. The fourth-order valence-electron chi connectivity index (χ4n) is 3.31. The van der Waals surface area contributed by atoms with Crippen molar-refractivity contribution in [2.75, 3.05) is 26.7 Å². The fourth-order valence-corrected chi connectivity index (χ4v) is 3.31. The summed E-state index contributed by atoms with van der Waals surface area (Å²) in [7, 11) is 2.06. The third-order valence-electron chi connectivity index (χ3n) is 4.34. The molecule has 104 valence electrons. The van der Waals surface area contributed by atoms with Gasteiger partial charge in [-0.25, -0.2) is 0 Å². The predicted molar refractivity (Wildman–Crippen MR) is 76.7 cm³/mol. The van der Waals surface area contributed by atoms with Crippen LogP contribution in [0, 0.1) is 0 Å². The minimum Gasteiger partial charge on any atom is -0.301 e. The van der Waals surface area contributed by atoms with E-state index in [-0.39, 0.29) is 0 Å². The van der Waals surface area contributed by atoms with Crippen molar-refractivity contribution in [1.82, 2.24) is 9.96 Å². The van der Waals surface area contributed by atoms with E-state index >= 15 is 0 Å². The molecule has 3 nitrogen and oxygen atoms in total. The van der Waals surface area contributed by atoms with E-state index < -0.39 is 0 Å². The van der Waals surface area contributed by atoms with Gasteiger partial charge in [0.2, 0.25) is 0 Å². The Morgan fingerprint density at radius 3 is 2.58 bits per heavy atom. The molecule has 2 saturated heterocycles. The first-order valence-corrected chi connectivity index (χ1v) is 7.50. The third kappa shape index (κ3) is 3.16. The first kappa shape index (κ1) is 13.1. The Kier molecular flexibility index (Phi) is 4.16. The fraction of sp³-hybridized carbons (Fsp3) is 0.625. The molecule has 0 saturated carbocycles. The second-order valence-corrected chi connectivity index (χ2v) is 5.80. The Balaban J connectivity index is 1.58. The van der Waals surface area contributed by atoms with Crippen LogP contribution in [-0.2, 0) is 4.84 Å². The minimum atomic E-state index is 0.355. The quantitative estimate of drug-likeness (QED) is 0.831. The summed E-state index contributed by atoms with van der Waals surface area (Å²) < 4.78 is 0. The lowest BCUT2D eigenvalue weighted by Gasteiger charge is -2.28. The summed E-state index contributed by atoms with van der Waals surface area (Å²) in [5.41, 5.74) is 1.37. The Morgan fingerprint density at radius 2 is 1.84 bits per heavy atom. The van der Waals surface area contributed by atoms with Crippen molar-refractivity contribution in [1.29, 1.82) is 0 Å². The Bertz CT molecular complexity index is 389. The molecule has 0 aliphatic carbocycles. The van der Waals surface area contributed by atoms with Gasteiger partial charge < -0.3 is 4.90 Å². The average Bonchev–Trinajstić information content (AvgIpc) is 2.82. The summed E-state index contributed by atoms with van der Waals surface area (Å²) in [5.74, 6) is 0. The molecule has 2 aliphatic heterocycles. The highest BCUT2D eigenvalue weighted by Gasteiger charge is 2.33. The van der Waals surface area contributed by atoms with E-state index in [1.165, 1.54) is 37.9 Å². The molecule has 1 aromatic carbocycles. The van der Waals surface area contributed by atoms with E-state index in [4.69, 9.17) is 4.84 Å². The molecule has 2 fully saturated rings. The van der Waals surface area contributed by atoms with Gasteiger partial charge in [-0.15, -0.1) is 0 Å². The molecule has 0 bridgehead atoms. The molecular weight excluding hydrogens is 236 g/mol. The summed E-state index contributed by atoms with van der Waals surface area (Å²) >= 11 is 0. The van der Waals surface area contributed by atoms with Gasteiger partial charge >= 0.3 is 0 Å². The molecule has 0 spiro atoms. The van der Waals surface area contributed by atoms with Crippen LogP contribution in [0.4, 0.5) is 0 Å². The van der Waals surface area contributed by atoms with Crippen LogP contribution in [0.5, 0.6) is 0 Å². The van der Waals surface area contributed by atoms with Crippen LogP contribution in [0.3, 0.4) is 0 Å². The number of benzene rings is 1. The second kappa shape index (κ2) is 6.04. The van der Waals surface area contributed by atoms with Gasteiger partial charge in [-0.05, 0) is 37.9 Å². The predicted octanol–water partition coefficient (Wildman–Crippen LogP) is 2.85. The summed E-state index contributed by atoms with van der Waals surface area (Å²) in [6, 6.07) is 11.1. The van der Waals surface area contributed by atoms with Crippen LogP contribution in [0.2, 0.25) is 0 Å². The Morgan fingerprint density at radius 1 is 1.11 bits per heavy atom. The topological polar surface area (TPSA) is 15.7 Å². The largest absolute Gasteiger partial charge is 0.301 e. The Labute approximate surface area is 116 Å². The van der Waals surface area contributed by atoms with E-state index in [1.54, 1.807) is 0 Å². The molecule has 0 aromatic heterocycles. The van der Waals surface area contributed by atoms with E-state index in [9.17, 15) is 0 Å². The van der Waals surface area contributed by atoms with Crippen molar-refractivity contribution in [3.63, 3.8) is 0 Å². The number of piperidine rings is 1. The smallest absolute Gasteiger partial charge is 0.0939 e. The molecular formula is C16H24N2O. The van der Waals surface area contributed by atoms with Gasteiger partial charge in [-0.1, -0.05) is 36.8 Å². The first-order valence-electron chi connectivity index (χ1n) is 7.50. The minimum absolute atomic E-state index is 0.355. The maximum absolute atomic E-state index is 6.02. The van der Waals surface area contributed by atoms with Crippen molar-refractivity contribution >= 4 is 0 Å². The van der Waals surface area contributed by atoms with E-state index in [1.807, 2.05) is 5.06 Å². The van der Waals surface area contributed by atoms with E-state index in [2.05, 4.69) is 42.3 Å². The van der Waals surface area contributed by atoms with Crippen molar-refractivity contribution < 1.29 is 4.84 Å². The SMILES string of the molecule is CN1OC(CN2CCCCC2)CC1c1ccccc1. The zero-order valence-corrected chi connectivity index (χ0v) is 11.8. The lowest BCUT2D eigenvalue weighted by molar-refractivity contribution is -0.149. The summed E-state index contributed by atoms with van der Waals surface area (Å²) in [6.07, 6.45) is 5.56. The zero-order chi connectivity index (χ0) is 13.1.